The summed E-state index contributed by atoms with van der Waals surface area (Å²) in [5, 5.41) is 17.1. The quantitative estimate of drug-likeness (QED) is 0.587. The summed E-state index contributed by atoms with van der Waals surface area (Å²) in [7, 11) is 0. The molecule has 4 rings (SSSR count). The van der Waals surface area contributed by atoms with Gasteiger partial charge in [-0.1, -0.05) is 0 Å². The molecule has 0 spiro atoms. The topological polar surface area (TPSA) is 94.3 Å². The predicted octanol–water partition coefficient (Wildman–Crippen LogP) is 3.61. The van der Waals surface area contributed by atoms with Crippen LogP contribution in [-0.4, -0.2) is 28.3 Å². The van der Waals surface area contributed by atoms with Crippen LogP contribution < -0.4 is 9.47 Å². The second-order valence-corrected chi connectivity index (χ2v) is 6.62. The zero-order valence-electron chi connectivity index (χ0n) is 15.6. The number of benzene rings is 2. The van der Waals surface area contributed by atoms with Gasteiger partial charge >= 0.3 is 0 Å². The van der Waals surface area contributed by atoms with Crippen molar-refractivity contribution < 1.29 is 19.2 Å². The Balaban J connectivity index is 1.95. The second-order valence-electron chi connectivity index (χ2n) is 6.62. The number of amides is 1. The fraction of sp³-hybridized carbons (Fsp3) is 0.200. The lowest BCUT2D eigenvalue weighted by atomic mass is 9.95. The van der Waals surface area contributed by atoms with Crippen LogP contribution in [0.2, 0.25) is 0 Å². The van der Waals surface area contributed by atoms with Crippen molar-refractivity contribution in [3.63, 3.8) is 0 Å². The standard InChI is InChI=1S/C20H17N3O5/c1-11-6-14(4-5-17(11)23(25)26)20-16-9-19-18(27-10-28-19)8-15(16)7-12(2)22(21-20)13(3)24/h4-9H,10H2,1-3H3. The Morgan fingerprint density at radius 2 is 1.89 bits per heavy atom. The number of hydrogen-bond donors (Lipinski definition) is 0. The molecule has 8 heteroatoms. The summed E-state index contributed by atoms with van der Waals surface area (Å²) < 4.78 is 11.0. The minimum Gasteiger partial charge on any atom is -0.454 e. The minimum atomic E-state index is -0.423. The molecular weight excluding hydrogens is 362 g/mol. The van der Waals surface area contributed by atoms with Crippen LogP contribution in [-0.2, 0) is 4.79 Å². The monoisotopic (exact) mass is 379 g/mol. The summed E-state index contributed by atoms with van der Waals surface area (Å²) in [6, 6.07) is 8.45. The van der Waals surface area contributed by atoms with Crippen molar-refractivity contribution in [1.29, 1.82) is 0 Å². The van der Waals surface area contributed by atoms with Crippen LogP contribution in [0.4, 0.5) is 5.69 Å². The number of aryl methyl sites for hydroxylation is 1. The molecule has 0 N–H and O–H groups in total. The first-order valence-corrected chi connectivity index (χ1v) is 8.62. The van der Waals surface area contributed by atoms with Crippen LogP contribution in [0.1, 0.15) is 36.1 Å². The van der Waals surface area contributed by atoms with Gasteiger partial charge in [-0.3, -0.25) is 14.9 Å². The molecule has 0 saturated heterocycles. The molecule has 0 unspecified atom stereocenters. The Kier molecular flexibility index (Phi) is 4.11. The Morgan fingerprint density at radius 1 is 1.18 bits per heavy atom. The summed E-state index contributed by atoms with van der Waals surface area (Å²) >= 11 is 0. The van der Waals surface area contributed by atoms with E-state index in [4.69, 9.17) is 9.47 Å². The number of ether oxygens (including phenoxy) is 2. The van der Waals surface area contributed by atoms with Gasteiger partial charge in [-0.2, -0.15) is 5.10 Å². The molecule has 142 valence electrons. The Labute approximate surface area is 160 Å². The number of nitro benzene ring substituents is 1. The van der Waals surface area contributed by atoms with Gasteiger partial charge in [0, 0.05) is 35.4 Å². The molecule has 0 saturated carbocycles. The highest BCUT2D eigenvalue weighted by atomic mass is 16.7. The fourth-order valence-corrected chi connectivity index (χ4v) is 3.34. The van der Waals surface area contributed by atoms with Crippen LogP contribution in [0.5, 0.6) is 11.5 Å². The lowest BCUT2D eigenvalue weighted by Crippen LogP contribution is -2.22. The van der Waals surface area contributed by atoms with Crippen LogP contribution in [0, 0.1) is 17.0 Å². The van der Waals surface area contributed by atoms with Crippen LogP contribution in [0.25, 0.3) is 6.08 Å². The van der Waals surface area contributed by atoms with Crippen LogP contribution in [0.3, 0.4) is 0 Å². The van der Waals surface area contributed by atoms with E-state index in [1.165, 1.54) is 18.0 Å². The Bertz CT molecular complexity index is 1090. The molecule has 0 aromatic heterocycles. The van der Waals surface area contributed by atoms with E-state index >= 15 is 0 Å². The smallest absolute Gasteiger partial charge is 0.272 e. The van der Waals surface area contributed by atoms with Gasteiger partial charge in [0.05, 0.1) is 10.6 Å². The van der Waals surface area contributed by atoms with E-state index in [0.29, 0.717) is 34.0 Å². The van der Waals surface area contributed by atoms with Crippen LogP contribution >= 0.6 is 0 Å². The molecule has 2 aromatic rings. The number of rotatable bonds is 2. The van der Waals surface area contributed by atoms with Crippen LogP contribution in [0.15, 0.2) is 41.1 Å². The third-order valence-electron chi connectivity index (χ3n) is 4.66. The maximum Gasteiger partial charge on any atom is 0.272 e. The van der Waals surface area contributed by atoms with Crippen molar-refractivity contribution in [2.24, 2.45) is 5.10 Å². The fourth-order valence-electron chi connectivity index (χ4n) is 3.34. The largest absolute Gasteiger partial charge is 0.454 e. The van der Waals surface area contributed by atoms with Gasteiger partial charge in [0.1, 0.15) is 0 Å². The highest BCUT2D eigenvalue weighted by Gasteiger charge is 2.25. The number of nitrogens with zero attached hydrogens (tertiary/aromatic N) is 3. The third-order valence-corrected chi connectivity index (χ3v) is 4.66. The van der Waals surface area contributed by atoms with Gasteiger partial charge in [0.15, 0.2) is 11.5 Å². The van der Waals surface area contributed by atoms with E-state index in [0.717, 1.165) is 11.1 Å². The van der Waals surface area contributed by atoms with Crippen molar-refractivity contribution in [1.82, 2.24) is 5.01 Å². The van der Waals surface area contributed by atoms with Gasteiger partial charge in [-0.15, -0.1) is 0 Å². The van der Waals surface area contributed by atoms with E-state index in [-0.39, 0.29) is 18.4 Å². The minimum absolute atomic E-state index is 0.0293. The average Bonchev–Trinajstić information content (AvgIpc) is 3.02. The van der Waals surface area contributed by atoms with Gasteiger partial charge in [0.2, 0.25) is 12.7 Å². The number of carbonyl (C=O) groups is 1. The first-order chi connectivity index (χ1) is 13.3. The predicted molar refractivity (Wildman–Crippen MR) is 102 cm³/mol. The van der Waals surface area contributed by atoms with E-state index in [1.54, 1.807) is 26.0 Å². The molecule has 0 atom stereocenters. The number of hydrazone groups is 1. The van der Waals surface area contributed by atoms with E-state index in [1.807, 2.05) is 18.2 Å². The number of nitro groups is 1. The lowest BCUT2D eigenvalue weighted by molar-refractivity contribution is -0.385. The number of hydrogen-bond acceptors (Lipinski definition) is 6. The molecule has 2 aliphatic heterocycles. The molecule has 0 aliphatic carbocycles. The highest BCUT2D eigenvalue weighted by molar-refractivity contribution is 6.16. The first kappa shape index (κ1) is 17.7. The molecule has 28 heavy (non-hydrogen) atoms. The van der Waals surface area contributed by atoms with Gasteiger partial charge in [-0.05, 0) is 49.8 Å². The maximum atomic E-state index is 12.1. The van der Waals surface area contributed by atoms with E-state index in [9.17, 15) is 14.9 Å². The highest BCUT2D eigenvalue weighted by Crippen LogP contribution is 2.38. The van der Waals surface area contributed by atoms with Crippen molar-refractivity contribution in [3.8, 4) is 11.5 Å². The summed E-state index contributed by atoms with van der Waals surface area (Å²) in [4.78, 5) is 22.9. The molecule has 0 radical (unpaired) electrons. The van der Waals surface area contributed by atoms with Crippen molar-refractivity contribution >= 4 is 23.4 Å². The summed E-state index contributed by atoms with van der Waals surface area (Å²) in [5.74, 6) is 0.975. The molecule has 0 bridgehead atoms. The number of fused-ring (bicyclic) bond motifs is 2. The summed E-state index contributed by atoms with van der Waals surface area (Å²) in [6.45, 7) is 5.04. The summed E-state index contributed by atoms with van der Waals surface area (Å²) in [5.41, 5.74) is 3.95. The van der Waals surface area contributed by atoms with Gasteiger partial charge < -0.3 is 9.47 Å². The second kappa shape index (κ2) is 6.49. The van der Waals surface area contributed by atoms with Gasteiger partial charge in [-0.25, -0.2) is 5.01 Å². The normalized spacial score (nSPS) is 14.8. The molecule has 0 fully saturated rings. The molecular formula is C20H17N3O5. The Hall–Kier alpha value is -3.68. The van der Waals surface area contributed by atoms with Gasteiger partial charge in [0.25, 0.3) is 5.69 Å². The molecule has 2 aromatic carbocycles. The first-order valence-electron chi connectivity index (χ1n) is 8.62. The summed E-state index contributed by atoms with van der Waals surface area (Å²) in [6.07, 6.45) is 1.85. The van der Waals surface area contributed by atoms with E-state index in [2.05, 4.69) is 5.10 Å². The zero-order chi connectivity index (χ0) is 20.0. The zero-order valence-corrected chi connectivity index (χ0v) is 15.6. The van der Waals surface area contributed by atoms with Crippen molar-refractivity contribution in [2.45, 2.75) is 20.8 Å². The third kappa shape index (κ3) is 2.88. The average molecular weight is 379 g/mol. The molecule has 2 heterocycles. The number of carbonyl (C=O) groups excluding carboxylic acids is 1. The molecule has 1 amide bonds. The Morgan fingerprint density at radius 3 is 2.54 bits per heavy atom. The van der Waals surface area contributed by atoms with Crippen molar-refractivity contribution in [3.05, 3.63) is 68.4 Å². The number of allylic oxidation sites excluding steroid dienone is 1. The molecule has 2 aliphatic rings. The SMILES string of the molecule is CC(=O)N1N=C(c2ccc([N+](=O)[O-])c(C)c2)c2cc3c(cc2C=C1C)OCO3. The molecule has 8 nitrogen and oxygen atoms in total. The maximum absolute atomic E-state index is 12.1. The van der Waals surface area contributed by atoms with Crippen molar-refractivity contribution in [2.75, 3.05) is 6.79 Å². The van der Waals surface area contributed by atoms with E-state index < -0.39 is 4.92 Å². The lowest BCUT2D eigenvalue weighted by Gasteiger charge is -2.16.